The number of amides is 1. The Morgan fingerprint density at radius 3 is 2.75 bits per heavy atom. The molecule has 1 aliphatic heterocycles. The second kappa shape index (κ2) is 6.27. The maximum absolute atomic E-state index is 12.6. The number of ether oxygens (including phenoxy) is 1. The van der Waals surface area contributed by atoms with E-state index in [4.69, 9.17) is 10.5 Å². The minimum absolute atomic E-state index is 0.111. The molecule has 20 heavy (non-hydrogen) atoms. The number of hydrogen-bond donors (Lipinski definition) is 1. The summed E-state index contributed by atoms with van der Waals surface area (Å²) in [5.74, 6) is 0.851. The Morgan fingerprint density at radius 2 is 2.10 bits per heavy atom. The van der Waals surface area contributed by atoms with E-state index in [-0.39, 0.29) is 23.9 Å². The Kier molecular flexibility index (Phi) is 4.65. The van der Waals surface area contributed by atoms with Gasteiger partial charge in [0.2, 0.25) is 5.91 Å². The highest BCUT2D eigenvalue weighted by Crippen LogP contribution is 2.37. The molecule has 2 N–H and O–H groups in total. The number of rotatable bonds is 4. The summed E-state index contributed by atoms with van der Waals surface area (Å²) in [6, 6.07) is 7.93. The Hall–Kier alpha value is -1.55. The summed E-state index contributed by atoms with van der Waals surface area (Å²) in [5.41, 5.74) is 6.97. The van der Waals surface area contributed by atoms with E-state index in [0.29, 0.717) is 0 Å². The molecule has 1 aromatic carbocycles. The number of carbonyl (C=O) groups is 1. The van der Waals surface area contributed by atoms with Gasteiger partial charge in [-0.3, -0.25) is 4.79 Å². The van der Waals surface area contributed by atoms with Crippen molar-refractivity contribution >= 4 is 5.91 Å². The van der Waals surface area contributed by atoms with E-state index in [1.54, 1.807) is 7.11 Å². The average Bonchev–Trinajstić information content (AvgIpc) is 2.94. The summed E-state index contributed by atoms with van der Waals surface area (Å²) in [6.07, 6.45) is 2.01. The predicted octanol–water partition coefficient (Wildman–Crippen LogP) is 2.34. The van der Waals surface area contributed by atoms with Gasteiger partial charge in [-0.15, -0.1) is 0 Å². The van der Waals surface area contributed by atoms with Crippen LogP contribution in [0, 0.1) is 5.92 Å². The van der Waals surface area contributed by atoms with Crippen molar-refractivity contribution in [3.63, 3.8) is 0 Å². The first-order valence-corrected chi connectivity index (χ1v) is 7.25. The van der Waals surface area contributed by atoms with E-state index in [1.807, 2.05) is 43.0 Å². The van der Waals surface area contributed by atoms with Crippen LogP contribution in [0.1, 0.15) is 38.3 Å². The van der Waals surface area contributed by atoms with Gasteiger partial charge in [0.1, 0.15) is 5.75 Å². The van der Waals surface area contributed by atoms with Crippen LogP contribution in [0.5, 0.6) is 5.75 Å². The zero-order valence-electron chi connectivity index (χ0n) is 12.5. The molecule has 1 aromatic rings. The quantitative estimate of drug-likeness (QED) is 0.918. The van der Waals surface area contributed by atoms with Gasteiger partial charge in [-0.1, -0.05) is 25.1 Å². The fourth-order valence-corrected chi connectivity index (χ4v) is 2.78. The zero-order valence-corrected chi connectivity index (χ0v) is 12.5. The van der Waals surface area contributed by atoms with Crippen molar-refractivity contribution in [2.45, 2.75) is 38.8 Å². The van der Waals surface area contributed by atoms with E-state index in [2.05, 4.69) is 0 Å². The van der Waals surface area contributed by atoms with Crippen molar-refractivity contribution in [3.05, 3.63) is 29.8 Å². The lowest BCUT2D eigenvalue weighted by atomic mass is 9.99. The SMILES string of the molecule is COc1ccccc1C1CCCN1C(=O)C(C)C(C)N. The highest BCUT2D eigenvalue weighted by molar-refractivity contribution is 5.80. The third-order valence-corrected chi connectivity index (χ3v) is 4.21. The molecule has 0 bridgehead atoms. The van der Waals surface area contributed by atoms with Crippen LogP contribution in [-0.4, -0.2) is 30.5 Å². The van der Waals surface area contributed by atoms with Gasteiger partial charge >= 0.3 is 0 Å². The number of nitrogens with zero attached hydrogens (tertiary/aromatic N) is 1. The highest BCUT2D eigenvalue weighted by atomic mass is 16.5. The maximum atomic E-state index is 12.6. The monoisotopic (exact) mass is 276 g/mol. The van der Waals surface area contributed by atoms with Crippen LogP contribution >= 0.6 is 0 Å². The van der Waals surface area contributed by atoms with Gasteiger partial charge in [-0.25, -0.2) is 0 Å². The molecule has 0 saturated carbocycles. The normalized spacial score (nSPS) is 21.6. The third-order valence-electron chi connectivity index (χ3n) is 4.21. The molecule has 1 amide bonds. The molecule has 1 saturated heterocycles. The number of carbonyl (C=O) groups excluding carboxylic acids is 1. The number of para-hydroxylation sites is 1. The van der Waals surface area contributed by atoms with Crippen molar-refractivity contribution in [3.8, 4) is 5.75 Å². The lowest BCUT2D eigenvalue weighted by Crippen LogP contribution is -2.41. The number of nitrogens with two attached hydrogens (primary N) is 1. The molecule has 0 aliphatic carbocycles. The molecular formula is C16H24N2O2. The Labute approximate surface area is 120 Å². The Bertz CT molecular complexity index is 473. The fraction of sp³-hybridized carbons (Fsp3) is 0.562. The summed E-state index contributed by atoms with van der Waals surface area (Å²) in [7, 11) is 1.67. The summed E-state index contributed by atoms with van der Waals surface area (Å²) < 4.78 is 5.43. The first-order chi connectivity index (χ1) is 9.56. The van der Waals surface area contributed by atoms with E-state index >= 15 is 0 Å². The molecule has 1 fully saturated rings. The summed E-state index contributed by atoms with van der Waals surface area (Å²) in [5, 5.41) is 0. The Morgan fingerprint density at radius 1 is 1.40 bits per heavy atom. The average molecular weight is 276 g/mol. The molecule has 0 spiro atoms. The van der Waals surface area contributed by atoms with Gasteiger partial charge in [0, 0.05) is 18.2 Å². The third kappa shape index (κ3) is 2.80. The van der Waals surface area contributed by atoms with Crippen molar-refractivity contribution in [2.24, 2.45) is 11.7 Å². The fourth-order valence-electron chi connectivity index (χ4n) is 2.78. The molecule has 4 nitrogen and oxygen atoms in total. The summed E-state index contributed by atoms with van der Waals surface area (Å²) in [4.78, 5) is 14.5. The van der Waals surface area contributed by atoms with Crippen molar-refractivity contribution in [1.82, 2.24) is 4.90 Å². The summed E-state index contributed by atoms with van der Waals surface area (Å²) >= 11 is 0. The first kappa shape index (κ1) is 14.9. The second-order valence-corrected chi connectivity index (χ2v) is 5.58. The number of hydrogen-bond acceptors (Lipinski definition) is 3. The van der Waals surface area contributed by atoms with Crippen LogP contribution in [0.3, 0.4) is 0 Å². The predicted molar refractivity (Wildman–Crippen MR) is 79.5 cm³/mol. The number of benzene rings is 1. The van der Waals surface area contributed by atoms with Crippen LogP contribution in [0.25, 0.3) is 0 Å². The van der Waals surface area contributed by atoms with Gasteiger partial charge in [-0.05, 0) is 25.8 Å². The standard InChI is InChI=1S/C16H24N2O2/c1-11(12(2)17)16(19)18-10-6-8-14(18)13-7-4-5-9-15(13)20-3/h4-5,7,9,11-12,14H,6,8,10,17H2,1-3H3. The maximum Gasteiger partial charge on any atom is 0.227 e. The number of likely N-dealkylation sites (tertiary alicyclic amines) is 1. The Balaban J connectivity index is 2.25. The van der Waals surface area contributed by atoms with Gasteiger partial charge < -0.3 is 15.4 Å². The van der Waals surface area contributed by atoms with Crippen LogP contribution < -0.4 is 10.5 Å². The van der Waals surface area contributed by atoms with Crippen LogP contribution in [0.2, 0.25) is 0 Å². The molecule has 3 unspecified atom stereocenters. The van der Waals surface area contributed by atoms with Crippen molar-refractivity contribution in [2.75, 3.05) is 13.7 Å². The molecule has 3 atom stereocenters. The minimum atomic E-state index is -0.148. The van der Waals surface area contributed by atoms with Gasteiger partial charge in [0.05, 0.1) is 19.1 Å². The lowest BCUT2D eigenvalue weighted by Gasteiger charge is -2.29. The van der Waals surface area contributed by atoms with Gasteiger partial charge in [-0.2, -0.15) is 0 Å². The molecule has 4 heteroatoms. The van der Waals surface area contributed by atoms with Crippen LogP contribution in [-0.2, 0) is 4.79 Å². The van der Waals surface area contributed by atoms with Gasteiger partial charge in [0.15, 0.2) is 0 Å². The molecule has 2 rings (SSSR count). The van der Waals surface area contributed by atoms with Crippen LogP contribution in [0.4, 0.5) is 0 Å². The van der Waals surface area contributed by atoms with E-state index in [9.17, 15) is 4.79 Å². The molecule has 1 heterocycles. The first-order valence-electron chi connectivity index (χ1n) is 7.25. The van der Waals surface area contributed by atoms with Crippen molar-refractivity contribution in [1.29, 1.82) is 0 Å². The zero-order chi connectivity index (χ0) is 14.7. The second-order valence-electron chi connectivity index (χ2n) is 5.58. The molecule has 0 aromatic heterocycles. The van der Waals surface area contributed by atoms with E-state index in [0.717, 1.165) is 30.7 Å². The van der Waals surface area contributed by atoms with Gasteiger partial charge in [0.25, 0.3) is 0 Å². The topological polar surface area (TPSA) is 55.6 Å². The molecule has 0 radical (unpaired) electrons. The minimum Gasteiger partial charge on any atom is -0.496 e. The van der Waals surface area contributed by atoms with E-state index in [1.165, 1.54) is 0 Å². The summed E-state index contributed by atoms with van der Waals surface area (Å²) in [6.45, 7) is 4.60. The highest BCUT2D eigenvalue weighted by Gasteiger charge is 2.34. The smallest absolute Gasteiger partial charge is 0.227 e. The molecule has 1 aliphatic rings. The largest absolute Gasteiger partial charge is 0.496 e. The molecular weight excluding hydrogens is 252 g/mol. The molecule has 110 valence electrons. The number of methoxy groups -OCH3 is 1. The lowest BCUT2D eigenvalue weighted by molar-refractivity contribution is -0.136. The van der Waals surface area contributed by atoms with E-state index < -0.39 is 0 Å². The van der Waals surface area contributed by atoms with Crippen molar-refractivity contribution < 1.29 is 9.53 Å². The van der Waals surface area contributed by atoms with Crippen LogP contribution in [0.15, 0.2) is 24.3 Å².